The van der Waals surface area contributed by atoms with Crippen LogP contribution in [0.4, 0.5) is 5.69 Å². The number of nitriles is 3. The zero-order valence-corrected chi connectivity index (χ0v) is 13.3. The molecule has 0 heterocycles. The zero-order chi connectivity index (χ0) is 18.2. The summed E-state index contributed by atoms with van der Waals surface area (Å²) in [6.07, 6.45) is 2.38. The first-order chi connectivity index (χ1) is 12.0. The first kappa shape index (κ1) is 16.5. The van der Waals surface area contributed by atoms with E-state index in [0.29, 0.717) is 23.5 Å². The van der Waals surface area contributed by atoms with Gasteiger partial charge >= 0.3 is 0 Å². The SMILES string of the molecule is N#CC1=C(N)C(C#N)(C#N)[C@@H](c2cccc([N+](=O)[O-])c2)C[C@@H]1C1CC1. The van der Waals surface area contributed by atoms with Gasteiger partial charge in [-0.25, -0.2) is 0 Å². The predicted octanol–water partition coefficient (Wildman–Crippen LogP) is 2.88. The molecule has 2 aliphatic rings. The number of nitrogens with zero attached hydrogens (tertiary/aromatic N) is 4. The van der Waals surface area contributed by atoms with Crippen LogP contribution in [0.2, 0.25) is 0 Å². The summed E-state index contributed by atoms with van der Waals surface area (Å²) in [6.45, 7) is 0. The number of hydrogen-bond acceptors (Lipinski definition) is 6. The Hall–Kier alpha value is -3.37. The molecule has 124 valence electrons. The highest BCUT2D eigenvalue weighted by molar-refractivity contribution is 5.50. The van der Waals surface area contributed by atoms with E-state index >= 15 is 0 Å². The molecule has 2 N–H and O–H groups in total. The lowest BCUT2D eigenvalue weighted by molar-refractivity contribution is -0.384. The molecule has 0 spiro atoms. The van der Waals surface area contributed by atoms with E-state index in [1.54, 1.807) is 12.1 Å². The minimum atomic E-state index is -1.69. The monoisotopic (exact) mass is 333 g/mol. The second kappa shape index (κ2) is 5.92. The van der Waals surface area contributed by atoms with Gasteiger partial charge in [-0.3, -0.25) is 10.1 Å². The van der Waals surface area contributed by atoms with Crippen molar-refractivity contribution >= 4 is 5.69 Å². The second-order valence-corrected chi connectivity index (χ2v) is 6.56. The Kier molecular flexibility index (Phi) is 3.91. The van der Waals surface area contributed by atoms with Crippen molar-refractivity contribution in [1.29, 1.82) is 15.8 Å². The van der Waals surface area contributed by atoms with Crippen LogP contribution in [-0.4, -0.2) is 4.92 Å². The van der Waals surface area contributed by atoms with Gasteiger partial charge in [0.05, 0.1) is 34.4 Å². The number of benzene rings is 1. The third-order valence-corrected chi connectivity index (χ3v) is 5.25. The molecular weight excluding hydrogens is 318 g/mol. The number of hydrogen-bond donors (Lipinski definition) is 1. The van der Waals surface area contributed by atoms with Crippen molar-refractivity contribution in [2.24, 2.45) is 23.0 Å². The van der Waals surface area contributed by atoms with Crippen LogP contribution in [0.15, 0.2) is 35.5 Å². The van der Waals surface area contributed by atoms with Gasteiger partial charge in [0.15, 0.2) is 5.41 Å². The minimum absolute atomic E-state index is 0.000318. The van der Waals surface area contributed by atoms with Crippen LogP contribution in [-0.2, 0) is 0 Å². The van der Waals surface area contributed by atoms with Crippen LogP contribution >= 0.6 is 0 Å². The van der Waals surface area contributed by atoms with Gasteiger partial charge in [0.1, 0.15) is 0 Å². The molecule has 7 nitrogen and oxygen atoms in total. The maximum Gasteiger partial charge on any atom is 0.269 e. The van der Waals surface area contributed by atoms with Crippen LogP contribution in [0, 0.1) is 61.4 Å². The molecule has 1 saturated carbocycles. The molecule has 2 atom stereocenters. The first-order valence-electron chi connectivity index (χ1n) is 7.95. The van der Waals surface area contributed by atoms with Gasteiger partial charge in [-0.2, -0.15) is 15.8 Å². The molecule has 2 aliphatic carbocycles. The van der Waals surface area contributed by atoms with Crippen molar-refractivity contribution in [2.75, 3.05) is 0 Å². The van der Waals surface area contributed by atoms with E-state index in [0.717, 1.165) is 12.8 Å². The lowest BCUT2D eigenvalue weighted by Gasteiger charge is -2.38. The van der Waals surface area contributed by atoms with Gasteiger partial charge in [0.25, 0.3) is 5.69 Å². The Balaban J connectivity index is 2.18. The fourth-order valence-electron chi connectivity index (χ4n) is 3.76. The number of non-ortho nitro benzene ring substituents is 1. The fraction of sp³-hybridized carbons (Fsp3) is 0.389. The average molecular weight is 333 g/mol. The summed E-state index contributed by atoms with van der Waals surface area (Å²) in [7, 11) is 0. The summed E-state index contributed by atoms with van der Waals surface area (Å²) in [6, 6.07) is 12.1. The van der Waals surface area contributed by atoms with Crippen LogP contribution < -0.4 is 5.73 Å². The number of nitro groups is 1. The summed E-state index contributed by atoms with van der Waals surface area (Å²) in [4.78, 5) is 10.6. The van der Waals surface area contributed by atoms with Gasteiger partial charge < -0.3 is 5.73 Å². The van der Waals surface area contributed by atoms with Gasteiger partial charge in [-0.1, -0.05) is 12.1 Å². The van der Waals surface area contributed by atoms with Crippen molar-refractivity contribution in [3.05, 3.63) is 51.2 Å². The van der Waals surface area contributed by atoms with Crippen LogP contribution in [0.5, 0.6) is 0 Å². The average Bonchev–Trinajstić information content (AvgIpc) is 3.46. The molecular formula is C18H15N5O2. The highest BCUT2D eigenvalue weighted by atomic mass is 16.6. The number of allylic oxidation sites excluding steroid dienone is 2. The molecule has 3 rings (SSSR count). The Bertz CT molecular complexity index is 881. The first-order valence-corrected chi connectivity index (χ1v) is 7.95. The third-order valence-electron chi connectivity index (χ3n) is 5.25. The number of nitrogens with two attached hydrogens (primary N) is 1. The highest BCUT2D eigenvalue weighted by Crippen LogP contribution is 2.55. The molecule has 0 bridgehead atoms. The normalized spacial score (nSPS) is 24.7. The largest absolute Gasteiger partial charge is 0.399 e. The van der Waals surface area contributed by atoms with Gasteiger partial charge in [-0.05, 0) is 36.7 Å². The lowest BCUT2D eigenvalue weighted by Crippen LogP contribution is -2.39. The number of rotatable bonds is 3. The molecule has 0 amide bonds. The predicted molar refractivity (Wildman–Crippen MR) is 87.2 cm³/mol. The highest BCUT2D eigenvalue weighted by Gasteiger charge is 2.52. The quantitative estimate of drug-likeness (QED) is 0.666. The van der Waals surface area contributed by atoms with Crippen LogP contribution in [0.1, 0.15) is 30.7 Å². The molecule has 0 aliphatic heterocycles. The number of nitro benzene ring substituents is 1. The standard InChI is InChI=1S/C18H15N5O2/c19-8-15-14(11-4-5-11)7-16(18(9-20,10-21)17(15)22)12-2-1-3-13(6-12)23(24)25/h1-3,6,11,14,16H,4-5,7,22H2/t14-,16-/m1/s1. The van der Waals surface area contributed by atoms with Gasteiger partial charge in [-0.15, -0.1) is 0 Å². The minimum Gasteiger partial charge on any atom is -0.399 e. The van der Waals surface area contributed by atoms with Crippen LogP contribution in [0.3, 0.4) is 0 Å². The molecule has 0 unspecified atom stereocenters. The van der Waals surface area contributed by atoms with E-state index in [1.807, 2.05) is 12.1 Å². The second-order valence-electron chi connectivity index (χ2n) is 6.56. The van der Waals surface area contributed by atoms with Crippen molar-refractivity contribution in [2.45, 2.75) is 25.2 Å². The zero-order valence-electron chi connectivity index (χ0n) is 13.3. The Morgan fingerprint density at radius 1 is 1.24 bits per heavy atom. The van der Waals surface area contributed by atoms with E-state index in [9.17, 15) is 25.9 Å². The lowest BCUT2D eigenvalue weighted by atomic mass is 9.61. The third kappa shape index (κ3) is 2.49. The van der Waals surface area contributed by atoms with Gasteiger partial charge in [0.2, 0.25) is 0 Å². The summed E-state index contributed by atoms with van der Waals surface area (Å²) < 4.78 is 0. The van der Waals surface area contributed by atoms with Crippen molar-refractivity contribution < 1.29 is 4.92 Å². The topological polar surface area (TPSA) is 141 Å². The Morgan fingerprint density at radius 2 is 1.92 bits per heavy atom. The molecule has 0 aromatic heterocycles. The summed E-state index contributed by atoms with van der Waals surface area (Å²) in [5.74, 6) is -0.390. The van der Waals surface area contributed by atoms with Crippen molar-refractivity contribution in [3.8, 4) is 18.2 Å². The Morgan fingerprint density at radius 3 is 2.44 bits per heavy atom. The summed E-state index contributed by atoms with van der Waals surface area (Å²) in [5, 5.41) is 40.1. The van der Waals surface area contributed by atoms with Gasteiger partial charge in [0, 0.05) is 18.1 Å². The fourth-order valence-corrected chi connectivity index (χ4v) is 3.76. The molecule has 25 heavy (non-hydrogen) atoms. The molecule has 0 saturated heterocycles. The maximum absolute atomic E-state index is 11.1. The van der Waals surface area contributed by atoms with E-state index in [4.69, 9.17) is 5.73 Å². The van der Waals surface area contributed by atoms with E-state index in [-0.39, 0.29) is 17.3 Å². The smallest absolute Gasteiger partial charge is 0.269 e. The van der Waals surface area contributed by atoms with Crippen LogP contribution in [0.25, 0.3) is 0 Å². The van der Waals surface area contributed by atoms with E-state index < -0.39 is 16.3 Å². The summed E-state index contributed by atoms with van der Waals surface area (Å²) >= 11 is 0. The van der Waals surface area contributed by atoms with Crippen molar-refractivity contribution in [1.82, 2.24) is 0 Å². The molecule has 0 radical (unpaired) electrons. The molecule has 1 aromatic rings. The summed E-state index contributed by atoms with van der Waals surface area (Å²) in [5.41, 5.74) is 5.22. The molecule has 1 fully saturated rings. The van der Waals surface area contributed by atoms with Crippen molar-refractivity contribution in [3.63, 3.8) is 0 Å². The maximum atomic E-state index is 11.1. The molecule has 7 heteroatoms. The van der Waals surface area contributed by atoms with E-state index in [1.165, 1.54) is 12.1 Å². The Labute approximate surface area is 144 Å². The van der Waals surface area contributed by atoms with E-state index in [2.05, 4.69) is 6.07 Å². The molecule has 1 aromatic carbocycles.